The number of carbonyl (C=O) groups is 1. The maximum absolute atomic E-state index is 11.2. The van der Waals surface area contributed by atoms with Gasteiger partial charge < -0.3 is 16.0 Å². The summed E-state index contributed by atoms with van der Waals surface area (Å²) in [5, 5.41) is 7.87. The number of nitrogens with one attached hydrogen (secondary N) is 1. The van der Waals surface area contributed by atoms with E-state index < -0.39 is 0 Å². The van der Waals surface area contributed by atoms with Gasteiger partial charge in [-0.15, -0.1) is 24.0 Å². The van der Waals surface area contributed by atoms with Crippen molar-refractivity contribution in [3.8, 4) is 0 Å². The summed E-state index contributed by atoms with van der Waals surface area (Å²) in [6, 6.07) is 0. The quantitative estimate of drug-likeness (QED) is 0.413. The molecule has 0 saturated carbocycles. The third-order valence-electron chi connectivity index (χ3n) is 4.60. The normalized spacial score (nSPS) is 18.2. The van der Waals surface area contributed by atoms with E-state index in [9.17, 15) is 4.79 Å². The number of primary amides is 1. The highest BCUT2D eigenvalue weighted by molar-refractivity contribution is 14.0. The standard InChI is InChI=1S/C16H28N6O.HI/c1-11-14(12(2)21(4)20-11)9-19-16(18-3)22-7-5-6-13(10-22)8-15(17)23;/h13H,5-10H2,1-4H3,(H2,17,23)(H,18,19);1H. The Bertz CT molecular complexity index is 598. The minimum atomic E-state index is -0.221. The van der Waals surface area contributed by atoms with Gasteiger partial charge in [0.1, 0.15) is 0 Å². The second kappa shape index (κ2) is 9.24. The molecule has 1 aliphatic heterocycles. The van der Waals surface area contributed by atoms with Crippen molar-refractivity contribution in [3.05, 3.63) is 17.0 Å². The van der Waals surface area contributed by atoms with Crippen molar-refractivity contribution in [1.29, 1.82) is 0 Å². The van der Waals surface area contributed by atoms with Gasteiger partial charge in [-0.2, -0.15) is 5.10 Å². The van der Waals surface area contributed by atoms with E-state index in [0.29, 0.717) is 18.9 Å². The zero-order chi connectivity index (χ0) is 17.0. The number of nitrogens with zero attached hydrogens (tertiary/aromatic N) is 4. The molecule has 0 radical (unpaired) electrons. The zero-order valence-corrected chi connectivity index (χ0v) is 17.3. The van der Waals surface area contributed by atoms with Crippen molar-refractivity contribution in [2.45, 2.75) is 39.7 Å². The Hall–Kier alpha value is -1.32. The van der Waals surface area contributed by atoms with Crippen molar-refractivity contribution < 1.29 is 4.79 Å². The van der Waals surface area contributed by atoms with Crippen LogP contribution < -0.4 is 11.1 Å². The highest BCUT2D eigenvalue weighted by Crippen LogP contribution is 2.19. The zero-order valence-electron chi connectivity index (χ0n) is 15.0. The molecule has 0 bridgehead atoms. The lowest BCUT2D eigenvalue weighted by Gasteiger charge is -2.34. The van der Waals surface area contributed by atoms with Crippen molar-refractivity contribution in [3.63, 3.8) is 0 Å². The summed E-state index contributed by atoms with van der Waals surface area (Å²) < 4.78 is 1.90. The molecule has 1 atom stereocenters. The minimum absolute atomic E-state index is 0. The maximum Gasteiger partial charge on any atom is 0.217 e. The molecule has 136 valence electrons. The summed E-state index contributed by atoms with van der Waals surface area (Å²) in [5.41, 5.74) is 8.75. The van der Waals surface area contributed by atoms with Gasteiger partial charge in [0.15, 0.2) is 5.96 Å². The monoisotopic (exact) mass is 448 g/mol. The van der Waals surface area contributed by atoms with Crippen molar-refractivity contribution in [1.82, 2.24) is 20.0 Å². The summed E-state index contributed by atoms with van der Waals surface area (Å²) in [4.78, 5) is 17.8. The van der Waals surface area contributed by atoms with E-state index in [-0.39, 0.29) is 29.9 Å². The Morgan fingerprint density at radius 3 is 2.71 bits per heavy atom. The number of rotatable bonds is 4. The Morgan fingerprint density at radius 2 is 2.17 bits per heavy atom. The fourth-order valence-corrected chi connectivity index (χ4v) is 3.28. The largest absolute Gasteiger partial charge is 0.370 e. The van der Waals surface area contributed by atoms with Crippen LogP contribution in [0.5, 0.6) is 0 Å². The predicted molar refractivity (Wildman–Crippen MR) is 106 cm³/mol. The smallest absolute Gasteiger partial charge is 0.217 e. The topological polar surface area (TPSA) is 88.5 Å². The molecule has 0 spiro atoms. The van der Waals surface area contributed by atoms with Gasteiger partial charge in [0.2, 0.25) is 5.91 Å². The molecular weight excluding hydrogens is 419 g/mol. The lowest BCUT2D eigenvalue weighted by Crippen LogP contribution is -2.47. The average Bonchev–Trinajstić information content (AvgIpc) is 2.73. The van der Waals surface area contributed by atoms with Gasteiger partial charge in [-0.05, 0) is 32.6 Å². The van der Waals surface area contributed by atoms with Gasteiger partial charge >= 0.3 is 0 Å². The second-order valence-electron chi connectivity index (χ2n) is 6.30. The molecule has 1 fully saturated rings. The summed E-state index contributed by atoms with van der Waals surface area (Å²) in [5.74, 6) is 0.977. The lowest BCUT2D eigenvalue weighted by molar-refractivity contribution is -0.119. The van der Waals surface area contributed by atoms with Crippen LogP contribution in [0.15, 0.2) is 4.99 Å². The number of nitrogens with two attached hydrogens (primary N) is 1. The first kappa shape index (κ1) is 20.7. The third kappa shape index (κ3) is 5.09. The third-order valence-corrected chi connectivity index (χ3v) is 4.60. The van der Waals surface area contributed by atoms with E-state index in [4.69, 9.17) is 5.73 Å². The Morgan fingerprint density at radius 1 is 1.46 bits per heavy atom. The van der Waals surface area contributed by atoms with Crippen LogP contribution >= 0.6 is 24.0 Å². The molecular formula is C16H29IN6O. The van der Waals surface area contributed by atoms with Gasteiger partial charge in [-0.1, -0.05) is 0 Å². The number of hydrogen-bond acceptors (Lipinski definition) is 3. The van der Waals surface area contributed by atoms with Crippen LogP contribution in [0, 0.1) is 19.8 Å². The fraction of sp³-hybridized carbons (Fsp3) is 0.688. The van der Waals surface area contributed by atoms with E-state index in [1.165, 1.54) is 5.56 Å². The molecule has 0 aliphatic carbocycles. The number of piperidine rings is 1. The van der Waals surface area contributed by atoms with Crippen LogP contribution in [-0.2, 0) is 18.4 Å². The number of aliphatic imine (C=N–C) groups is 1. The average molecular weight is 448 g/mol. The first-order chi connectivity index (χ1) is 10.9. The summed E-state index contributed by atoms with van der Waals surface area (Å²) in [7, 11) is 3.75. The van der Waals surface area contributed by atoms with Crippen LogP contribution in [0.1, 0.15) is 36.2 Å². The van der Waals surface area contributed by atoms with Gasteiger partial charge in [0.25, 0.3) is 0 Å². The Balaban J connectivity index is 0.00000288. The minimum Gasteiger partial charge on any atom is -0.370 e. The van der Waals surface area contributed by atoms with Crippen molar-refractivity contribution in [2.75, 3.05) is 20.1 Å². The summed E-state index contributed by atoms with van der Waals surface area (Å²) in [6.45, 7) is 6.59. The number of aromatic nitrogens is 2. The molecule has 1 aliphatic rings. The summed E-state index contributed by atoms with van der Waals surface area (Å²) >= 11 is 0. The first-order valence-corrected chi connectivity index (χ1v) is 8.15. The molecule has 24 heavy (non-hydrogen) atoms. The van der Waals surface area contributed by atoms with Gasteiger partial charge in [-0.3, -0.25) is 14.5 Å². The second-order valence-corrected chi connectivity index (χ2v) is 6.30. The molecule has 8 heteroatoms. The van der Waals surface area contributed by atoms with Gasteiger partial charge in [-0.25, -0.2) is 0 Å². The SMILES string of the molecule is CN=C(NCc1c(C)nn(C)c1C)N1CCCC(CC(N)=O)C1.I. The molecule has 3 N–H and O–H groups in total. The molecule has 2 rings (SSSR count). The highest BCUT2D eigenvalue weighted by Gasteiger charge is 2.23. The van der Waals surface area contributed by atoms with Crippen LogP contribution in [0.4, 0.5) is 0 Å². The molecule has 2 heterocycles. The van der Waals surface area contributed by atoms with Gasteiger partial charge in [0, 0.05) is 51.4 Å². The number of aryl methyl sites for hydroxylation is 2. The van der Waals surface area contributed by atoms with E-state index in [2.05, 4.69) is 27.2 Å². The number of carbonyl (C=O) groups excluding carboxylic acids is 1. The summed E-state index contributed by atoms with van der Waals surface area (Å²) in [6.07, 6.45) is 2.56. The van der Waals surface area contributed by atoms with E-state index >= 15 is 0 Å². The number of likely N-dealkylation sites (tertiary alicyclic amines) is 1. The van der Waals surface area contributed by atoms with Crippen LogP contribution in [0.3, 0.4) is 0 Å². The lowest BCUT2D eigenvalue weighted by atomic mass is 9.95. The number of guanidine groups is 1. The molecule has 1 amide bonds. The number of halogens is 1. The Kier molecular flexibility index (Phi) is 7.98. The number of hydrogen-bond donors (Lipinski definition) is 2. The van der Waals surface area contributed by atoms with E-state index in [0.717, 1.165) is 43.3 Å². The molecule has 0 aromatic carbocycles. The van der Waals surface area contributed by atoms with Gasteiger partial charge in [0.05, 0.1) is 5.69 Å². The molecule has 1 aromatic rings. The van der Waals surface area contributed by atoms with E-state index in [1.807, 2.05) is 18.7 Å². The number of amides is 1. The molecule has 1 unspecified atom stereocenters. The predicted octanol–water partition coefficient (Wildman–Crippen LogP) is 1.32. The highest BCUT2D eigenvalue weighted by atomic mass is 127. The Labute approximate surface area is 161 Å². The van der Waals surface area contributed by atoms with Crippen LogP contribution in [0.25, 0.3) is 0 Å². The van der Waals surface area contributed by atoms with Crippen LogP contribution in [0.2, 0.25) is 0 Å². The van der Waals surface area contributed by atoms with Crippen molar-refractivity contribution in [2.24, 2.45) is 23.7 Å². The maximum atomic E-state index is 11.2. The van der Waals surface area contributed by atoms with Crippen LogP contribution in [-0.4, -0.2) is 46.7 Å². The fourth-order valence-electron chi connectivity index (χ4n) is 3.28. The van der Waals surface area contributed by atoms with Crippen molar-refractivity contribution >= 4 is 35.8 Å². The molecule has 7 nitrogen and oxygen atoms in total. The van der Waals surface area contributed by atoms with E-state index in [1.54, 1.807) is 7.05 Å². The molecule has 1 saturated heterocycles. The first-order valence-electron chi connectivity index (χ1n) is 8.15. The molecule has 1 aromatic heterocycles.